The third-order valence-corrected chi connectivity index (χ3v) is 4.75. The molecule has 0 aliphatic rings. The minimum Gasteiger partial charge on any atom is -0.508 e. The van der Waals surface area contributed by atoms with E-state index in [2.05, 4.69) is 27.6 Å². The molecule has 0 aliphatic carbocycles. The van der Waals surface area contributed by atoms with Crippen molar-refractivity contribution < 1.29 is 9.90 Å². The number of benzene rings is 1. The number of rotatable bonds is 2. The molecule has 0 aliphatic heterocycles. The van der Waals surface area contributed by atoms with Gasteiger partial charge in [0.05, 0.1) is 11.9 Å². The van der Waals surface area contributed by atoms with Crippen molar-refractivity contribution in [2.75, 3.05) is 5.73 Å². The van der Waals surface area contributed by atoms with E-state index in [1.807, 2.05) is 26.1 Å². The molecule has 0 fully saturated rings. The fourth-order valence-electron chi connectivity index (χ4n) is 2.79. The van der Waals surface area contributed by atoms with Crippen molar-refractivity contribution in [2.45, 2.75) is 13.8 Å². The summed E-state index contributed by atoms with van der Waals surface area (Å²) in [7, 11) is 0. The fraction of sp³-hybridized carbons (Fsp3) is 0.125. The predicted octanol–water partition coefficient (Wildman–Crippen LogP) is 2.61. The van der Waals surface area contributed by atoms with Gasteiger partial charge in [0, 0.05) is 11.8 Å². The van der Waals surface area contributed by atoms with E-state index in [-0.39, 0.29) is 17.0 Å². The van der Waals surface area contributed by atoms with Crippen molar-refractivity contribution in [2.24, 2.45) is 5.73 Å². The van der Waals surface area contributed by atoms with Crippen molar-refractivity contribution in [3.63, 3.8) is 0 Å². The van der Waals surface area contributed by atoms with Crippen molar-refractivity contribution >= 4 is 39.8 Å². The number of hydrogen-bond acceptors (Lipinski definition) is 4. The van der Waals surface area contributed by atoms with Gasteiger partial charge in [-0.25, -0.2) is 4.98 Å². The molecule has 5 N–H and O–H groups in total. The quantitative estimate of drug-likeness (QED) is 0.552. The second-order valence-corrected chi connectivity index (χ2v) is 6.48. The summed E-state index contributed by atoms with van der Waals surface area (Å²) in [5, 5.41) is 10.0. The molecule has 0 radical (unpaired) electrons. The summed E-state index contributed by atoms with van der Waals surface area (Å²) in [5.41, 5.74) is 15.7. The number of anilines is 1. The van der Waals surface area contributed by atoms with E-state index in [0.29, 0.717) is 16.8 Å². The summed E-state index contributed by atoms with van der Waals surface area (Å²) in [5.74, 6) is -0.460. The Balaban J connectivity index is 2.49. The van der Waals surface area contributed by atoms with E-state index in [1.54, 1.807) is 16.7 Å². The number of carbonyl (C=O) groups is 1. The van der Waals surface area contributed by atoms with E-state index in [0.717, 1.165) is 14.8 Å². The highest BCUT2D eigenvalue weighted by Gasteiger charge is 2.21. The van der Waals surface area contributed by atoms with Gasteiger partial charge in [0.2, 0.25) is 0 Å². The average molecular weight is 422 g/mol. The van der Waals surface area contributed by atoms with Gasteiger partial charge >= 0.3 is 0 Å². The van der Waals surface area contributed by atoms with Gasteiger partial charge in [-0.2, -0.15) is 0 Å². The molecule has 1 amide bonds. The monoisotopic (exact) mass is 422 g/mol. The number of pyridine rings is 1. The zero-order valence-corrected chi connectivity index (χ0v) is 14.7. The number of aromatic hydroxyl groups is 1. The van der Waals surface area contributed by atoms with Crippen LogP contribution in [0.1, 0.15) is 21.5 Å². The number of hydrogen-bond donors (Lipinski definition) is 3. The smallest absolute Gasteiger partial charge is 0.254 e. The van der Waals surface area contributed by atoms with Crippen molar-refractivity contribution in [3.8, 4) is 16.9 Å². The maximum atomic E-state index is 11.9. The summed E-state index contributed by atoms with van der Waals surface area (Å²) in [4.78, 5) is 16.1. The van der Waals surface area contributed by atoms with Gasteiger partial charge in [-0.05, 0) is 59.2 Å². The van der Waals surface area contributed by atoms with Gasteiger partial charge < -0.3 is 16.6 Å². The predicted molar refractivity (Wildman–Crippen MR) is 97.4 cm³/mol. The zero-order valence-electron chi connectivity index (χ0n) is 12.6. The molecule has 118 valence electrons. The number of halogens is 1. The normalized spacial score (nSPS) is 11.1. The van der Waals surface area contributed by atoms with Crippen LogP contribution in [0.15, 0.2) is 24.5 Å². The van der Waals surface area contributed by atoms with E-state index in [4.69, 9.17) is 11.5 Å². The molecule has 0 atom stereocenters. The number of fused-ring (bicyclic) bond motifs is 1. The Labute approximate surface area is 146 Å². The lowest BCUT2D eigenvalue weighted by atomic mass is 9.93. The van der Waals surface area contributed by atoms with Gasteiger partial charge in [0.15, 0.2) is 5.65 Å². The first-order chi connectivity index (χ1) is 10.8. The Morgan fingerprint density at radius 1 is 1.35 bits per heavy atom. The van der Waals surface area contributed by atoms with E-state index >= 15 is 0 Å². The number of aromatic nitrogens is 2. The molecule has 6 nitrogen and oxygen atoms in total. The molecule has 3 aromatic rings. The van der Waals surface area contributed by atoms with Crippen LogP contribution in [0.2, 0.25) is 0 Å². The number of carbonyl (C=O) groups excluding carboxylic acids is 1. The third kappa shape index (κ3) is 2.31. The van der Waals surface area contributed by atoms with Crippen molar-refractivity contribution in [1.29, 1.82) is 0 Å². The summed E-state index contributed by atoms with van der Waals surface area (Å²) >= 11 is 2.12. The van der Waals surface area contributed by atoms with Crippen LogP contribution in [-0.4, -0.2) is 20.4 Å². The first kappa shape index (κ1) is 15.6. The molecule has 0 saturated carbocycles. The lowest BCUT2D eigenvalue weighted by Crippen LogP contribution is -2.16. The maximum Gasteiger partial charge on any atom is 0.254 e. The van der Waals surface area contributed by atoms with Crippen LogP contribution in [0.4, 0.5) is 5.69 Å². The molecule has 0 saturated heterocycles. The number of nitrogen functional groups attached to an aromatic ring is 1. The molecule has 1 aromatic carbocycles. The van der Waals surface area contributed by atoms with Crippen LogP contribution in [-0.2, 0) is 0 Å². The number of imidazole rings is 1. The molecule has 0 spiro atoms. The van der Waals surface area contributed by atoms with Crippen LogP contribution in [0.3, 0.4) is 0 Å². The molecule has 0 bridgehead atoms. The first-order valence-corrected chi connectivity index (χ1v) is 7.95. The van der Waals surface area contributed by atoms with E-state index in [1.165, 1.54) is 0 Å². The summed E-state index contributed by atoms with van der Waals surface area (Å²) in [6.45, 7) is 3.73. The topological polar surface area (TPSA) is 107 Å². The zero-order chi connectivity index (χ0) is 16.9. The van der Waals surface area contributed by atoms with Crippen molar-refractivity contribution in [3.05, 3.63) is 44.9 Å². The highest BCUT2D eigenvalue weighted by atomic mass is 127. The molecule has 7 heteroatoms. The number of phenols is 1. The number of nitrogens with zero attached hydrogens (tertiary/aromatic N) is 2. The van der Waals surface area contributed by atoms with Crippen LogP contribution >= 0.6 is 22.6 Å². The number of aryl methyl sites for hydroxylation is 1. The van der Waals surface area contributed by atoms with Crippen molar-refractivity contribution in [1.82, 2.24) is 9.38 Å². The SMILES string of the molecule is Cc1ccc(O)c(C)c1-c1cn2c(I)cnc2c(C(N)=O)c1N. The Hall–Kier alpha value is -2.29. The van der Waals surface area contributed by atoms with Gasteiger partial charge in [-0.1, -0.05) is 6.07 Å². The van der Waals surface area contributed by atoms with E-state index < -0.39 is 5.91 Å². The van der Waals surface area contributed by atoms with Crippen LogP contribution in [0.5, 0.6) is 5.75 Å². The minimum atomic E-state index is -0.633. The molecular weight excluding hydrogens is 407 g/mol. The third-order valence-electron chi connectivity index (χ3n) is 3.95. The minimum absolute atomic E-state index is 0.172. The highest BCUT2D eigenvalue weighted by molar-refractivity contribution is 14.1. The van der Waals surface area contributed by atoms with Crippen LogP contribution in [0.25, 0.3) is 16.8 Å². The van der Waals surface area contributed by atoms with Gasteiger partial charge in [0.1, 0.15) is 15.0 Å². The highest BCUT2D eigenvalue weighted by Crippen LogP contribution is 2.38. The summed E-state index contributed by atoms with van der Waals surface area (Å²) in [6.07, 6.45) is 3.47. The Kier molecular flexibility index (Phi) is 3.67. The lowest BCUT2D eigenvalue weighted by molar-refractivity contribution is 0.100. The van der Waals surface area contributed by atoms with Crippen LogP contribution < -0.4 is 11.5 Å². The average Bonchev–Trinajstić information content (AvgIpc) is 2.84. The summed E-state index contributed by atoms with van der Waals surface area (Å²) in [6, 6.07) is 3.45. The van der Waals surface area contributed by atoms with Crippen LogP contribution in [0, 0.1) is 17.5 Å². The number of amides is 1. The molecule has 2 aromatic heterocycles. The van der Waals surface area contributed by atoms with E-state index in [9.17, 15) is 9.90 Å². The lowest BCUT2D eigenvalue weighted by Gasteiger charge is -2.16. The Morgan fingerprint density at radius 2 is 2.04 bits per heavy atom. The number of primary amides is 1. The standard InChI is InChI=1S/C16H15IN4O2/c1-7-3-4-10(22)8(2)12(7)9-6-21-11(17)5-20-16(21)13(14(9)18)15(19)23/h3-6,22H,18H2,1-2H3,(H2,19,23). The Morgan fingerprint density at radius 3 is 2.70 bits per heavy atom. The first-order valence-electron chi connectivity index (χ1n) is 6.87. The van der Waals surface area contributed by atoms with Gasteiger partial charge in [-0.3, -0.25) is 9.20 Å². The Bertz CT molecular complexity index is 963. The number of nitrogens with two attached hydrogens (primary N) is 2. The molecule has 3 rings (SSSR count). The summed E-state index contributed by atoms with van der Waals surface area (Å²) < 4.78 is 2.60. The molecule has 0 unspecified atom stereocenters. The second-order valence-electron chi connectivity index (χ2n) is 5.37. The molecular formula is C16H15IN4O2. The largest absolute Gasteiger partial charge is 0.508 e. The van der Waals surface area contributed by atoms with Gasteiger partial charge in [0.25, 0.3) is 5.91 Å². The molecule has 23 heavy (non-hydrogen) atoms. The van der Waals surface area contributed by atoms with Gasteiger partial charge in [-0.15, -0.1) is 0 Å². The maximum absolute atomic E-state index is 11.9. The fourth-order valence-corrected chi connectivity index (χ4v) is 3.30. The number of phenolic OH excluding ortho intramolecular Hbond substituents is 1. The second kappa shape index (κ2) is 5.41. The molecule has 2 heterocycles.